The number of ether oxygens (including phenoxy) is 2. The van der Waals surface area contributed by atoms with E-state index >= 15 is 0 Å². The third kappa shape index (κ3) is 5.43. The molecule has 0 spiro atoms. The van der Waals surface area contributed by atoms with Crippen LogP contribution in [0, 0.1) is 0 Å². The van der Waals surface area contributed by atoms with Gasteiger partial charge in [0.1, 0.15) is 5.75 Å². The van der Waals surface area contributed by atoms with Crippen LogP contribution in [0.15, 0.2) is 54.6 Å². The van der Waals surface area contributed by atoms with Crippen molar-refractivity contribution in [3.8, 4) is 5.75 Å². The Morgan fingerprint density at radius 1 is 1.04 bits per heavy atom. The van der Waals surface area contributed by atoms with Crippen LogP contribution >= 0.6 is 0 Å². The highest BCUT2D eigenvalue weighted by Gasteiger charge is 2.11. The van der Waals surface area contributed by atoms with Crippen LogP contribution in [0.3, 0.4) is 0 Å². The Kier molecular flexibility index (Phi) is 6.22. The molecule has 6 heteroatoms. The molecule has 0 unspecified atom stereocenters. The summed E-state index contributed by atoms with van der Waals surface area (Å²) in [6.45, 7) is 2.79. The number of carboxylic acids is 1. The van der Waals surface area contributed by atoms with Crippen molar-refractivity contribution in [1.29, 1.82) is 0 Å². The molecule has 0 aromatic heterocycles. The van der Waals surface area contributed by atoms with Crippen molar-refractivity contribution in [1.82, 2.24) is 0 Å². The van der Waals surface area contributed by atoms with Crippen LogP contribution in [-0.4, -0.2) is 49.8 Å². The van der Waals surface area contributed by atoms with Gasteiger partial charge in [0.05, 0.1) is 13.2 Å². The molecule has 6 nitrogen and oxygen atoms in total. The van der Waals surface area contributed by atoms with Gasteiger partial charge in [0.2, 0.25) is 0 Å². The summed E-state index contributed by atoms with van der Waals surface area (Å²) >= 11 is 0. The minimum Gasteiger partial charge on any atom is -0.482 e. The molecule has 0 radical (unpaired) electrons. The number of nitrogens with zero attached hydrogens (tertiary/aromatic N) is 1. The van der Waals surface area contributed by atoms with Crippen molar-refractivity contribution in [3.63, 3.8) is 0 Å². The normalized spacial score (nSPS) is 14.3. The van der Waals surface area contributed by atoms with Gasteiger partial charge >= 0.3 is 5.97 Å². The molecule has 1 saturated heterocycles. The van der Waals surface area contributed by atoms with Gasteiger partial charge in [-0.3, -0.25) is 4.79 Å². The number of allylic oxidation sites excluding steroid dienone is 1. The Morgan fingerprint density at radius 2 is 1.70 bits per heavy atom. The number of hydrogen-bond acceptors (Lipinski definition) is 5. The minimum atomic E-state index is -1.02. The molecule has 1 fully saturated rings. The molecule has 1 aliphatic rings. The second-order valence-electron chi connectivity index (χ2n) is 6.10. The van der Waals surface area contributed by atoms with Crippen molar-refractivity contribution in [3.05, 3.63) is 65.7 Å². The lowest BCUT2D eigenvalue weighted by Gasteiger charge is -2.28. The van der Waals surface area contributed by atoms with E-state index in [1.54, 1.807) is 30.3 Å². The van der Waals surface area contributed by atoms with Crippen LogP contribution in [0.5, 0.6) is 5.75 Å². The monoisotopic (exact) mass is 367 g/mol. The van der Waals surface area contributed by atoms with Crippen LogP contribution in [0.1, 0.15) is 15.9 Å². The molecule has 0 aliphatic carbocycles. The van der Waals surface area contributed by atoms with Crippen molar-refractivity contribution >= 4 is 23.5 Å². The summed E-state index contributed by atoms with van der Waals surface area (Å²) in [6.07, 6.45) is 3.25. The third-order valence-electron chi connectivity index (χ3n) is 4.20. The molecule has 0 atom stereocenters. The van der Waals surface area contributed by atoms with Crippen molar-refractivity contribution in [2.45, 2.75) is 0 Å². The zero-order chi connectivity index (χ0) is 19.1. The first-order valence-corrected chi connectivity index (χ1v) is 8.72. The quantitative estimate of drug-likeness (QED) is 0.599. The molecule has 0 saturated carbocycles. The van der Waals surface area contributed by atoms with Gasteiger partial charge in [-0.05, 0) is 48.0 Å². The van der Waals surface area contributed by atoms with Crippen LogP contribution in [0.2, 0.25) is 0 Å². The summed E-state index contributed by atoms with van der Waals surface area (Å²) in [6, 6.07) is 14.5. The number of aliphatic carboxylic acids is 1. The molecule has 2 aromatic rings. The number of ketones is 1. The van der Waals surface area contributed by atoms with Crippen LogP contribution in [0.4, 0.5) is 5.69 Å². The molecular weight excluding hydrogens is 346 g/mol. The average molecular weight is 367 g/mol. The van der Waals surface area contributed by atoms with Crippen LogP contribution in [0.25, 0.3) is 6.08 Å². The van der Waals surface area contributed by atoms with Crippen molar-refractivity contribution < 1.29 is 24.2 Å². The van der Waals surface area contributed by atoms with Gasteiger partial charge in [0.15, 0.2) is 12.4 Å². The van der Waals surface area contributed by atoms with E-state index in [9.17, 15) is 9.59 Å². The molecule has 0 amide bonds. The smallest absolute Gasteiger partial charge is 0.341 e. The minimum absolute atomic E-state index is 0.0743. The number of morpholine rings is 1. The summed E-state index contributed by atoms with van der Waals surface area (Å²) in [5.41, 5.74) is 2.55. The fourth-order valence-electron chi connectivity index (χ4n) is 2.75. The van der Waals surface area contributed by atoms with Gasteiger partial charge in [0, 0.05) is 24.3 Å². The van der Waals surface area contributed by atoms with Crippen LogP contribution < -0.4 is 9.64 Å². The van der Waals surface area contributed by atoms with E-state index in [0.717, 1.165) is 37.6 Å². The summed E-state index contributed by atoms with van der Waals surface area (Å²) in [7, 11) is 0. The first kappa shape index (κ1) is 18.7. The molecule has 0 bridgehead atoms. The van der Waals surface area contributed by atoms with Gasteiger partial charge in [-0.2, -0.15) is 0 Å². The predicted octanol–water partition coefficient (Wildman–Crippen LogP) is 2.88. The zero-order valence-electron chi connectivity index (χ0n) is 14.8. The summed E-state index contributed by atoms with van der Waals surface area (Å²) in [4.78, 5) is 25.1. The van der Waals surface area contributed by atoms with E-state index < -0.39 is 5.97 Å². The SMILES string of the molecule is O=C(O)COc1ccc(/C=C/C(=O)c2ccc(N3CCOCC3)cc2)cc1. The first-order valence-electron chi connectivity index (χ1n) is 8.72. The van der Waals surface area contributed by atoms with Gasteiger partial charge in [0.25, 0.3) is 0 Å². The van der Waals surface area contributed by atoms with E-state index in [1.165, 1.54) is 6.08 Å². The van der Waals surface area contributed by atoms with Gasteiger partial charge < -0.3 is 19.5 Å². The lowest BCUT2D eigenvalue weighted by atomic mass is 10.1. The second-order valence-corrected chi connectivity index (χ2v) is 6.10. The average Bonchev–Trinajstić information content (AvgIpc) is 2.72. The summed E-state index contributed by atoms with van der Waals surface area (Å²) in [5, 5.41) is 8.59. The highest BCUT2D eigenvalue weighted by atomic mass is 16.5. The van der Waals surface area contributed by atoms with E-state index in [0.29, 0.717) is 11.3 Å². The molecule has 1 N–H and O–H groups in total. The van der Waals surface area contributed by atoms with Gasteiger partial charge in [-0.15, -0.1) is 0 Å². The summed E-state index contributed by atoms with van der Waals surface area (Å²) < 4.78 is 10.4. The molecule has 1 aliphatic heterocycles. The molecule has 2 aromatic carbocycles. The zero-order valence-corrected chi connectivity index (χ0v) is 14.8. The Morgan fingerprint density at radius 3 is 2.33 bits per heavy atom. The predicted molar refractivity (Wildman–Crippen MR) is 102 cm³/mol. The van der Waals surface area contributed by atoms with Gasteiger partial charge in [-0.25, -0.2) is 4.79 Å². The Labute approximate surface area is 157 Å². The number of carboxylic acid groups (broad SMARTS) is 1. The number of benzene rings is 2. The number of anilines is 1. The van der Waals surface area contributed by atoms with E-state index in [2.05, 4.69) is 4.90 Å². The Hall–Kier alpha value is -3.12. The van der Waals surface area contributed by atoms with E-state index in [-0.39, 0.29) is 12.4 Å². The van der Waals surface area contributed by atoms with Crippen molar-refractivity contribution in [2.75, 3.05) is 37.8 Å². The molecule has 27 heavy (non-hydrogen) atoms. The van der Waals surface area contributed by atoms with E-state index in [1.807, 2.05) is 24.3 Å². The van der Waals surface area contributed by atoms with E-state index in [4.69, 9.17) is 14.6 Å². The highest BCUT2D eigenvalue weighted by Crippen LogP contribution is 2.18. The molecular formula is C21H21NO5. The number of carbonyl (C=O) groups excluding carboxylic acids is 1. The van der Waals surface area contributed by atoms with Crippen LogP contribution in [-0.2, 0) is 9.53 Å². The highest BCUT2D eigenvalue weighted by molar-refractivity contribution is 6.07. The lowest BCUT2D eigenvalue weighted by molar-refractivity contribution is -0.139. The Balaban J connectivity index is 1.58. The number of hydrogen-bond donors (Lipinski definition) is 1. The first-order chi connectivity index (χ1) is 13.1. The molecule has 1 heterocycles. The number of carbonyl (C=O) groups is 2. The maximum atomic E-state index is 12.3. The summed E-state index contributed by atoms with van der Waals surface area (Å²) in [5.74, 6) is -0.626. The topological polar surface area (TPSA) is 76.1 Å². The maximum Gasteiger partial charge on any atom is 0.341 e. The third-order valence-corrected chi connectivity index (χ3v) is 4.20. The largest absolute Gasteiger partial charge is 0.482 e. The standard InChI is InChI=1S/C21H21NO5/c23-20(10-3-16-1-8-19(9-2-16)27-15-21(24)25)17-4-6-18(7-5-17)22-11-13-26-14-12-22/h1-10H,11-15H2,(H,24,25)/b10-3+. The lowest BCUT2D eigenvalue weighted by Crippen LogP contribution is -2.36. The Bertz CT molecular complexity index is 805. The fraction of sp³-hybridized carbons (Fsp3) is 0.238. The molecule has 140 valence electrons. The maximum absolute atomic E-state index is 12.3. The molecule has 3 rings (SSSR count). The second kappa shape index (κ2) is 9.00. The van der Waals surface area contributed by atoms with Gasteiger partial charge in [-0.1, -0.05) is 18.2 Å². The fourth-order valence-corrected chi connectivity index (χ4v) is 2.75. The van der Waals surface area contributed by atoms with Crippen molar-refractivity contribution in [2.24, 2.45) is 0 Å². The number of rotatable bonds is 7.